The third-order valence-electron chi connectivity index (χ3n) is 0.740. The molecule has 0 fully saturated rings. The van der Waals surface area contributed by atoms with E-state index < -0.39 is 0 Å². The van der Waals surface area contributed by atoms with Gasteiger partial charge in [-0.15, -0.1) is 0 Å². The van der Waals surface area contributed by atoms with E-state index in [1.54, 1.807) is 0 Å². The zero-order valence-electron chi connectivity index (χ0n) is 4.59. The number of rotatable bonds is 2. The van der Waals surface area contributed by atoms with Gasteiger partial charge in [0, 0.05) is 24.7 Å². The molecule has 0 amide bonds. The Morgan fingerprint density at radius 2 is 2.38 bits per heavy atom. The van der Waals surface area contributed by atoms with Crippen LogP contribution >= 0.6 is 0 Å². The molecule has 0 aromatic carbocycles. The monoisotopic (exact) mass is 111 g/mol. The second-order valence-electron chi connectivity index (χ2n) is 1.40. The lowest BCUT2D eigenvalue weighted by Gasteiger charge is -1.90. The molecule has 3 heteroatoms. The van der Waals surface area contributed by atoms with Crippen molar-refractivity contribution in [3.8, 4) is 6.07 Å². The molecule has 4 N–H and O–H groups in total. The van der Waals surface area contributed by atoms with Gasteiger partial charge in [-0.2, -0.15) is 5.26 Å². The van der Waals surface area contributed by atoms with Crippen molar-refractivity contribution in [3.05, 3.63) is 11.9 Å². The fourth-order valence-corrected chi connectivity index (χ4v) is 0.284. The third kappa shape index (κ3) is 3.04. The fourth-order valence-electron chi connectivity index (χ4n) is 0.284. The molecule has 0 rings (SSSR count). The van der Waals surface area contributed by atoms with Crippen LogP contribution in [0.2, 0.25) is 0 Å². The summed E-state index contributed by atoms with van der Waals surface area (Å²) < 4.78 is 0. The highest BCUT2D eigenvalue weighted by Gasteiger charge is 1.84. The van der Waals surface area contributed by atoms with Crippen LogP contribution in [-0.2, 0) is 0 Å². The maximum absolute atomic E-state index is 8.04. The Labute approximate surface area is 48.6 Å². The van der Waals surface area contributed by atoms with Crippen LogP contribution in [0.4, 0.5) is 0 Å². The molecule has 0 aromatic rings. The first kappa shape index (κ1) is 6.83. The second-order valence-corrected chi connectivity index (χ2v) is 1.40. The van der Waals surface area contributed by atoms with Crippen LogP contribution in [0, 0.1) is 11.3 Å². The average molecular weight is 111 g/mol. The van der Waals surface area contributed by atoms with Gasteiger partial charge in [0.1, 0.15) is 0 Å². The summed E-state index contributed by atoms with van der Waals surface area (Å²) in [4.78, 5) is 0. The van der Waals surface area contributed by atoms with Crippen LogP contribution in [0.5, 0.6) is 0 Å². The number of hydrogen-bond acceptors (Lipinski definition) is 3. The van der Waals surface area contributed by atoms with E-state index in [1.807, 2.05) is 6.07 Å². The van der Waals surface area contributed by atoms with Crippen LogP contribution in [0.3, 0.4) is 0 Å². The van der Waals surface area contributed by atoms with Gasteiger partial charge in [0.25, 0.3) is 0 Å². The topological polar surface area (TPSA) is 75.8 Å². The molecule has 0 saturated carbocycles. The van der Waals surface area contributed by atoms with Crippen LogP contribution < -0.4 is 11.5 Å². The molecular formula is C5H9N3. The van der Waals surface area contributed by atoms with E-state index in [4.69, 9.17) is 16.7 Å². The molecule has 0 heterocycles. The second kappa shape index (κ2) is 4.00. The third-order valence-corrected chi connectivity index (χ3v) is 0.740. The Bertz CT molecular complexity index is 120. The molecule has 0 aliphatic heterocycles. The Morgan fingerprint density at radius 1 is 1.75 bits per heavy atom. The summed E-state index contributed by atoms with van der Waals surface area (Å²) in [6, 6.07) is 1.96. The number of nitriles is 1. The van der Waals surface area contributed by atoms with Crippen molar-refractivity contribution < 1.29 is 0 Å². The lowest BCUT2D eigenvalue weighted by molar-refractivity contribution is 0.962. The summed E-state index contributed by atoms with van der Waals surface area (Å²) in [5, 5.41) is 8.04. The van der Waals surface area contributed by atoms with Gasteiger partial charge >= 0.3 is 0 Å². The molecule has 0 radical (unpaired) electrons. The lowest BCUT2D eigenvalue weighted by Crippen LogP contribution is -1.99. The summed E-state index contributed by atoms with van der Waals surface area (Å²) in [6.07, 6.45) is 2.34. The normalized spacial score (nSPS) is 10.6. The lowest BCUT2D eigenvalue weighted by atomic mass is 10.3. The van der Waals surface area contributed by atoms with Gasteiger partial charge in [-0.1, -0.05) is 0 Å². The number of allylic oxidation sites excluding steroid dienone is 1. The van der Waals surface area contributed by atoms with E-state index in [9.17, 15) is 0 Å². The predicted molar refractivity (Wildman–Crippen MR) is 31.3 cm³/mol. The summed E-state index contributed by atoms with van der Waals surface area (Å²) in [7, 11) is 0. The van der Waals surface area contributed by atoms with Crippen molar-refractivity contribution in [2.45, 2.75) is 12.8 Å². The first-order chi connectivity index (χ1) is 3.81. The molecule has 0 unspecified atom stereocenters. The van der Waals surface area contributed by atoms with Gasteiger partial charge in [0.2, 0.25) is 0 Å². The van der Waals surface area contributed by atoms with E-state index in [1.165, 1.54) is 6.20 Å². The van der Waals surface area contributed by atoms with E-state index in [2.05, 4.69) is 0 Å². The Hall–Kier alpha value is -1.17. The van der Waals surface area contributed by atoms with E-state index in [-0.39, 0.29) is 0 Å². The fraction of sp³-hybridized carbons (Fsp3) is 0.400. The number of hydrogen-bond donors (Lipinski definition) is 2. The molecule has 0 aliphatic carbocycles. The van der Waals surface area contributed by atoms with Crippen LogP contribution in [-0.4, -0.2) is 0 Å². The standard InChI is InChI=1S/C5H9N3/c6-3-1-2-5(8)4-7/h4H,1-2,7-8H2/b5-4+. The van der Waals surface area contributed by atoms with E-state index in [0.717, 1.165) is 0 Å². The van der Waals surface area contributed by atoms with Crippen molar-refractivity contribution in [1.82, 2.24) is 0 Å². The minimum absolute atomic E-state index is 0.444. The highest BCUT2D eigenvalue weighted by Crippen LogP contribution is 1.92. The summed E-state index contributed by atoms with van der Waals surface area (Å²) in [5.41, 5.74) is 10.8. The van der Waals surface area contributed by atoms with Gasteiger partial charge in [-0.3, -0.25) is 0 Å². The maximum atomic E-state index is 8.04. The smallest absolute Gasteiger partial charge is 0.0625 e. The SMILES string of the molecule is N#CCC/C(N)=C\N. The highest BCUT2D eigenvalue weighted by atomic mass is 14.6. The molecule has 0 atom stereocenters. The molecule has 0 aromatic heterocycles. The van der Waals surface area contributed by atoms with E-state index in [0.29, 0.717) is 18.5 Å². The molecule has 44 valence electrons. The highest BCUT2D eigenvalue weighted by molar-refractivity contribution is 4.95. The number of nitrogens with two attached hydrogens (primary N) is 2. The van der Waals surface area contributed by atoms with Crippen LogP contribution in [0.25, 0.3) is 0 Å². The molecule has 0 aliphatic rings. The van der Waals surface area contributed by atoms with E-state index >= 15 is 0 Å². The molecule has 8 heavy (non-hydrogen) atoms. The van der Waals surface area contributed by atoms with Crippen molar-refractivity contribution in [1.29, 1.82) is 5.26 Å². The van der Waals surface area contributed by atoms with Crippen molar-refractivity contribution in [3.63, 3.8) is 0 Å². The molecule has 0 saturated heterocycles. The maximum Gasteiger partial charge on any atom is 0.0625 e. The zero-order chi connectivity index (χ0) is 6.41. The van der Waals surface area contributed by atoms with Gasteiger partial charge in [0.15, 0.2) is 0 Å². The first-order valence-electron chi connectivity index (χ1n) is 2.34. The van der Waals surface area contributed by atoms with Crippen molar-refractivity contribution in [2.75, 3.05) is 0 Å². The Kier molecular flexibility index (Phi) is 3.42. The van der Waals surface area contributed by atoms with Gasteiger partial charge in [-0.25, -0.2) is 0 Å². The predicted octanol–water partition coefficient (Wildman–Crippen LogP) is 0.0490. The van der Waals surface area contributed by atoms with Crippen LogP contribution in [0.15, 0.2) is 11.9 Å². The quantitative estimate of drug-likeness (QED) is 0.528. The molecular weight excluding hydrogens is 102 g/mol. The van der Waals surface area contributed by atoms with Gasteiger partial charge in [0.05, 0.1) is 6.07 Å². The minimum atomic E-state index is 0.444. The summed E-state index contributed by atoms with van der Waals surface area (Å²) in [5.74, 6) is 0. The molecule has 3 nitrogen and oxygen atoms in total. The van der Waals surface area contributed by atoms with Gasteiger partial charge in [-0.05, 0) is 0 Å². The zero-order valence-corrected chi connectivity index (χ0v) is 4.59. The molecule has 0 bridgehead atoms. The molecule has 0 spiro atoms. The minimum Gasteiger partial charge on any atom is -0.403 e. The number of nitrogens with zero attached hydrogens (tertiary/aromatic N) is 1. The van der Waals surface area contributed by atoms with Crippen LogP contribution in [0.1, 0.15) is 12.8 Å². The summed E-state index contributed by atoms with van der Waals surface area (Å²) >= 11 is 0. The van der Waals surface area contributed by atoms with Crippen molar-refractivity contribution >= 4 is 0 Å². The van der Waals surface area contributed by atoms with Gasteiger partial charge < -0.3 is 11.5 Å². The summed E-state index contributed by atoms with van der Waals surface area (Å²) in [6.45, 7) is 0. The first-order valence-corrected chi connectivity index (χ1v) is 2.34. The Balaban J connectivity index is 3.29. The average Bonchev–Trinajstić information content (AvgIpc) is 1.83. The van der Waals surface area contributed by atoms with Crippen molar-refractivity contribution in [2.24, 2.45) is 11.5 Å². The largest absolute Gasteiger partial charge is 0.403 e. The Morgan fingerprint density at radius 3 is 2.75 bits per heavy atom.